The molecule has 1 rings (SSSR count). The molecule has 0 radical (unpaired) electrons. The molecule has 0 aliphatic rings. The second-order valence-electron chi connectivity index (χ2n) is 12.3. The number of rotatable bonds is 10. The fourth-order valence-corrected chi connectivity index (χ4v) is 3.66. The molecule has 0 N–H and O–H groups in total. The molecular formula is C29H48O5. The number of esters is 1. The van der Waals surface area contributed by atoms with Crippen LogP contribution in [0.3, 0.4) is 0 Å². The summed E-state index contributed by atoms with van der Waals surface area (Å²) in [5.41, 5.74) is 1.32. The molecule has 5 nitrogen and oxygen atoms in total. The van der Waals surface area contributed by atoms with E-state index in [0.717, 1.165) is 29.5 Å². The van der Waals surface area contributed by atoms with E-state index in [4.69, 9.17) is 14.2 Å². The zero-order valence-electron chi connectivity index (χ0n) is 23.4. The van der Waals surface area contributed by atoms with Gasteiger partial charge in [0.25, 0.3) is 0 Å². The van der Waals surface area contributed by atoms with E-state index in [9.17, 15) is 9.59 Å². The third-order valence-electron chi connectivity index (χ3n) is 5.45. The fourth-order valence-electron chi connectivity index (χ4n) is 3.66. The van der Waals surface area contributed by atoms with Crippen molar-refractivity contribution in [1.29, 1.82) is 0 Å². The van der Waals surface area contributed by atoms with E-state index < -0.39 is 11.8 Å². The van der Waals surface area contributed by atoms with Crippen LogP contribution in [-0.2, 0) is 31.5 Å². The summed E-state index contributed by atoms with van der Waals surface area (Å²) < 4.78 is 16.7. The minimum absolute atomic E-state index is 0.189. The molecule has 0 atom stereocenters. The summed E-state index contributed by atoms with van der Waals surface area (Å²) in [6.07, 6.45) is 6.37. The lowest BCUT2D eigenvalue weighted by Crippen LogP contribution is -2.28. The summed E-state index contributed by atoms with van der Waals surface area (Å²) in [6, 6.07) is 3.92. The Labute approximate surface area is 207 Å². The van der Waals surface area contributed by atoms with E-state index in [1.54, 1.807) is 0 Å². The molecular weight excluding hydrogens is 428 g/mol. The van der Waals surface area contributed by atoms with Crippen LogP contribution in [0, 0.1) is 0 Å². The summed E-state index contributed by atoms with van der Waals surface area (Å²) in [4.78, 5) is 25.1. The van der Waals surface area contributed by atoms with E-state index in [1.807, 2.05) is 32.9 Å². The third-order valence-corrected chi connectivity index (χ3v) is 5.45. The lowest BCUT2D eigenvalue weighted by molar-refractivity contribution is -0.142. The summed E-state index contributed by atoms with van der Waals surface area (Å²) in [7, 11) is 0. The molecule has 194 valence electrons. The molecule has 0 spiro atoms. The predicted molar refractivity (Wildman–Crippen MR) is 139 cm³/mol. The summed E-state index contributed by atoms with van der Waals surface area (Å²) in [6.45, 7) is 20.5. The summed E-state index contributed by atoms with van der Waals surface area (Å²) in [5.74, 6) is 0.285. The van der Waals surface area contributed by atoms with E-state index >= 15 is 0 Å². The van der Waals surface area contributed by atoms with Crippen molar-refractivity contribution >= 4 is 12.1 Å². The smallest absolute Gasteiger partial charge is 0.465 e. The maximum atomic E-state index is 12.6. The topological polar surface area (TPSA) is 61.8 Å². The van der Waals surface area contributed by atoms with Crippen LogP contribution >= 0.6 is 0 Å². The number of unbranched alkanes of at least 4 members (excludes halogenated alkanes) is 5. The SMILES string of the molecule is CCCCCCCCOC(=O)Cc1cc(C(C)(C)C)c(OC(=O)OC(C)(C)C)c(C(C)(C)C)c1. The zero-order valence-corrected chi connectivity index (χ0v) is 23.4. The highest BCUT2D eigenvalue weighted by molar-refractivity contribution is 5.74. The lowest BCUT2D eigenvalue weighted by Gasteiger charge is -2.30. The van der Waals surface area contributed by atoms with Crippen LogP contribution in [0.5, 0.6) is 5.75 Å². The van der Waals surface area contributed by atoms with Crippen LogP contribution in [0.15, 0.2) is 12.1 Å². The first-order valence-corrected chi connectivity index (χ1v) is 12.8. The van der Waals surface area contributed by atoms with Crippen LogP contribution in [0.4, 0.5) is 4.79 Å². The molecule has 34 heavy (non-hydrogen) atoms. The maximum Gasteiger partial charge on any atom is 0.514 e. The number of ether oxygens (including phenoxy) is 3. The van der Waals surface area contributed by atoms with E-state index in [0.29, 0.717) is 12.4 Å². The summed E-state index contributed by atoms with van der Waals surface area (Å²) in [5, 5.41) is 0. The highest BCUT2D eigenvalue weighted by Crippen LogP contribution is 2.41. The molecule has 0 saturated carbocycles. The molecule has 5 heteroatoms. The Balaban J connectivity index is 3.10. The van der Waals surface area contributed by atoms with Gasteiger partial charge in [0, 0.05) is 11.1 Å². The van der Waals surface area contributed by atoms with E-state index in [2.05, 4.69) is 48.5 Å². The minimum Gasteiger partial charge on any atom is -0.465 e. The van der Waals surface area contributed by atoms with Gasteiger partial charge in [0.2, 0.25) is 0 Å². The monoisotopic (exact) mass is 476 g/mol. The molecule has 1 aromatic carbocycles. The van der Waals surface area contributed by atoms with Gasteiger partial charge in [0.05, 0.1) is 13.0 Å². The largest absolute Gasteiger partial charge is 0.514 e. The van der Waals surface area contributed by atoms with Crippen LogP contribution < -0.4 is 4.74 Å². The van der Waals surface area contributed by atoms with Crippen molar-refractivity contribution in [2.45, 2.75) is 131 Å². The third kappa shape index (κ3) is 10.9. The first-order chi connectivity index (χ1) is 15.5. The molecule has 0 bridgehead atoms. The van der Waals surface area contributed by atoms with Gasteiger partial charge in [-0.1, -0.05) is 92.7 Å². The van der Waals surface area contributed by atoms with Gasteiger partial charge < -0.3 is 14.2 Å². The van der Waals surface area contributed by atoms with Crippen molar-refractivity contribution in [3.05, 3.63) is 28.8 Å². The fraction of sp³-hybridized carbons (Fsp3) is 0.724. The van der Waals surface area contributed by atoms with Crippen molar-refractivity contribution in [2.24, 2.45) is 0 Å². The Morgan fingerprint density at radius 1 is 0.765 bits per heavy atom. The first kappa shape index (κ1) is 30.0. The zero-order chi connectivity index (χ0) is 26.2. The van der Waals surface area contributed by atoms with E-state index in [-0.39, 0.29) is 23.2 Å². The molecule has 0 amide bonds. The van der Waals surface area contributed by atoms with E-state index in [1.165, 1.54) is 25.7 Å². The predicted octanol–water partition coefficient (Wildman–Crippen LogP) is 8.04. The standard InChI is InChI=1S/C29H48O5/c1-11-12-13-14-15-16-17-32-24(30)20-21-18-22(27(2,3)4)25(23(19-21)28(5,6)7)33-26(31)34-29(8,9)10/h18-19H,11-17,20H2,1-10H3. The number of hydrogen-bond donors (Lipinski definition) is 0. The molecule has 0 heterocycles. The molecule has 1 aromatic rings. The Morgan fingerprint density at radius 2 is 1.26 bits per heavy atom. The maximum absolute atomic E-state index is 12.6. The van der Waals surface area contributed by atoms with Gasteiger partial charge in [0.1, 0.15) is 11.4 Å². The lowest BCUT2D eigenvalue weighted by atomic mass is 9.78. The van der Waals surface area contributed by atoms with Crippen molar-refractivity contribution in [2.75, 3.05) is 6.61 Å². The van der Waals surface area contributed by atoms with Crippen molar-refractivity contribution in [3.8, 4) is 5.75 Å². The van der Waals surface area contributed by atoms with Gasteiger partial charge in [0.15, 0.2) is 0 Å². The molecule has 0 aliphatic carbocycles. The van der Waals surface area contributed by atoms with Gasteiger partial charge in [-0.2, -0.15) is 0 Å². The highest BCUT2D eigenvalue weighted by atomic mass is 16.7. The van der Waals surface area contributed by atoms with Crippen LogP contribution in [-0.4, -0.2) is 24.3 Å². The molecule has 0 aliphatic heterocycles. The Kier molecular flexibility index (Phi) is 11.1. The summed E-state index contributed by atoms with van der Waals surface area (Å²) >= 11 is 0. The average Bonchev–Trinajstić information content (AvgIpc) is 2.65. The van der Waals surface area contributed by atoms with Crippen molar-refractivity contribution < 1.29 is 23.8 Å². The van der Waals surface area contributed by atoms with Crippen LogP contribution in [0.2, 0.25) is 0 Å². The second kappa shape index (κ2) is 12.6. The number of benzene rings is 1. The molecule has 0 saturated heterocycles. The van der Waals surface area contributed by atoms with Gasteiger partial charge in [-0.05, 0) is 43.6 Å². The highest BCUT2D eigenvalue weighted by Gasteiger charge is 2.31. The Hall–Kier alpha value is -2.04. The van der Waals surface area contributed by atoms with Gasteiger partial charge in [-0.15, -0.1) is 0 Å². The normalized spacial score (nSPS) is 12.4. The second-order valence-corrected chi connectivity index (χ2v) is 12.3. The Morgan fingerprint density at radius 3 is 1.74 bits per heavy atom. The van der Waals surface area contributed by atoms with Gasteiger partial charge in [-0.25, -0.2) is 4.79 Å². The van der Waals surface area contributed by atoms with Gasteiger partial charge in [-0.3, -0.25) is 4.79 Å². The minimum atomic E-state index is -0.727. The average molecular weight is 477 g/mol. The molecule has 0 aromatic heterocycles. The van der Waals surface area contributed by atoms with Crippen LogP contribution in [0.1, 0.15) is 124 Å². The first-order valence-electron chi connectivity index (χ1n) is 12.8. The molecule has 0 unspecified atom stereocenters. The number of hydrogen-bond acceptors (Lipinski definition) is 5. The van der Waals surface area contributed by atoms with Crippen molar-refractivity contribution in [1.82, 2.24) is 0 Å². The molecule has 0 fully saturated rings. The number of carbonyl (C=O) groups is 2. The van der Waals surface area contributed by atoms with Gasteiger partial charge >= 0.3 is 12.1 Å². The number of carbonyl (C=O) groups excluding carboxylic acids is 2. The quantitative estimate of drug-likeness (QED) is 0.194. The van der Waals surface area contributed by atoms with Crippen molar-refractivity contribution in [3.63, 3.8) is 0 Å². The Bertz CT molecular complexity index is 768. The van der Waals surface area contributed by atoms with Crippen LogP contribution in [0.25, 0.3) is 0 Å².